The van der Waals surface area contributed by atoms with Crippen LogP contribution in [0.2, 0.25) is 5.02 Å². The Morgan fingerprint density at radius 3 is 2.71 bits per heavy atom. The van der Waals surface area contributed by atoms with E-state index in [4.69, 9.17) is 11.6 Å². The maximum absolute atomic E-state index is 5.95. The van der Waals surface area contributed by atoms with Crippen molar-refractivity contribution in [2.75, 3.05) is 7.05 Å². The Hall–Kier alpha value is -1.32. The Labute approximate surface area is 131 Å². The van der Waals surface area contributed by atoms with Gasteiger partial charge >= 0.3 is 0 Å². The fourth-order valence-electron chi connectivity index (χ4n) is 3.25. The molecule has 0 bridgehead atoms. The molecule has 1 N–H and O–H groups in total. The highest BCUT2D eigenvalue weighted by molar-refractivity contribution is 6.30. The summed E-state index contributed by atoms with van der Waals surface area (Å²) in [7, 11) is 2.03. The predicted molar refractivity (Wildman–Crippen MR) is 86.7 cm³/mol. The fraction of sp³-hybridized carbons (Fsp3) is 0.471. The lowest BCUT2D eigenvalue weighted by Gasteiger charge is -2.35. The van der Waals surface area contributed by atoms with E-state index in [1.807, 2.05) is 25.4 Å². The van der Waals surface area contributed by atoms with Crippen LogP contribution < -0.4 is 5.32 Å². The summed E-state index contributed by atoms with van der Waals surface area (Å²) < 4.78 is 2.14. The molecule has 2 aromatic rings. The first-order chi connectivity index (χ1) is 9.98. The van der Waals surface area contributed by atoms with Crippen molar-refractivity contribution in [2.24, 2.45) is 5.41 Å². The van der Waals surface area contributed by atoms with Gasteiger partial charge in [-0.15, -0.1) is 0 Å². The van der Waals surface area contributed by atoms with Gasteiger partial charge in [0, 0.05) is 22.3 Å². The normalized spacial score (nSPS) is 20.3. The van der Waals surface area contributed by atoms with Crippen molar-refractivity contribution < 1.29 is 0 Å². The van der Waals surface area contributed by atoms with Gasteiger partial charge in [-0.05, 0) is 43.0 Å². The van der Waals surface area contributed by atoms with Crippen LogP contribution in [0.1, 0.15) is 43.1 Å². The summed E-state index contributed by atoms with van der Waals surface area (Å²) in [6.07, 6.45) is 4.26. The molecule has 0 saturated heterocycles. The first kappa shape index (κ1) is 14.6. The number of hydrogen-bond acceptors (Lipinski definition) is 2. The molecule has 1 aromatic carbocycles. The number of rotatable bonds is 3. The standard InChI is InChI=1S/C17H22ClN3/c1-17(2)8-15(19-3)14-10-20-21(16(14)9-17)11-12-4-6-13(18)7-5-12/h4-7,10,15,19H,8-9,11H2,1-3H3. The first-order valence-electron chi connectivity index (χ1n) is 7.45. The smallest absolute Gasteiger partial charge is 0.0662 e. The van der Waals surface area contributed by atoms with E-state index in [0.29, 0.717) is 11.5 Å². The van der Waals surface area contributed by atoms with Crippen LogP contribution >= 0.6 is 11.6 Å². The van der Waals surface area contributed by atoms with Gasteiger partial charge in [0.05, 0.1) is 12.7 Å². The number of nitrogens with zero attached hydrogens (tertiary/aromatic N) is 2. The van der Waals surface area contributed by atoms with E-state index in [1.54, 1.807) is 0 Å². The minimum Gasteiger partial charge on any atom is -0.313 e. The lowest BCUT2D eigenvalue weighted by molar-refractivity contribution is 0.258. The minimum absolute atomic E-state index is 0.304. The highest BCUT2D eigenvalue weighted by Crippen LogP contribution is 2.40. The molecule has 0 fully saturated rings. The second kappa shape index (κ2) is 5.47. The topological polar surface area (TPSA) is 29.9 Å². The van der Waals surface area contributed by atoms with Gasteiger partial charge in [0.25, 0.3) is 0 Å². The Kier molecular flexibility index (Phi) is 3.80. The third-order valence-electron chi connectivity index (χ3n) is 4.35. The van der Waals surface area contributed by atoms with Crippen LogP contribution in [0.4, 0.5) is 0 Å². The zero-order valence-electron chi connectivity index (χ0n) is 12.9. The van der Waals surface area contributed by atoms with E-state index >= 15 is 0 Å². The maximum atomic E-state index is 5.95. The van der Waals surface area contributed by atoms with E-state index < -0.39 is 0 Å². The van der Waals surface area contributed by atoms with E-state index in [9.17, 15) is 0 Å². The van der Waals surface area contributed by atoms with Crippen LogP contribution in [-0.4, -0.2) is 16.8 Å². The Bertz CT molecular complexity index is 628. The summed E-state index contributed by atoms with van der Waals surface area (Å²) in [4.78, 5) is 0. The number of halogens is 1. The summed E-state index contributed by atoms with van der Waals surface area (Å²) >= 11 is 5.95. The molecule has 112 valence electrons. The monoisotopic (exact) mass is 303 g/mol. The molecule has 0 saturated carbocycles. The molecule has 1 aliphatic carbocycles. The highest BCUT2D eigenvalue weighted by atomic mass is 35.5. The Balaban J connectivity index is 1.91. The average molecular weight is 304 g/mol. The number of nitrogens with one attached hydrogen (secondary N) is 1. The molecule has 1 atom stereocenters. The number of benzene rings is 1. The minimum atomic E-state index is 0.304. The van der Waals surface area contributed by atoms with Gasteiger partial charge in [0.1, 0.15) is 0 Å². The molecule has 3 nitrogen and oxygen atoms in total. The summed E-state index contributed by atoms with van der Waals surface area (Å²) in [6.45, 7) is 5.47. The van der Waals surface area contributed by atoms with Crippen LogP contribution in [0.5, 0.6) is 0 Å². The molecule has 21 heavy (non-hydrogen) atoms. The van der Waals surface area contributed by atoms with Gasteiger partial charge in [-0.1, -0.05) is 37.6 Å². The van der Waals surface area contributed by atoms with E-state index in [-0.39, 0.29) is 0 Å². The SMILES string of the molecule is CNC1CC(C)(C)Cc2c1cnn2Cc1ccc(Cl)cc1. The molecular formula is C17H22ClN3. The Morgan fingerprint density at radius 2 is 2.05 bits per heavy atom. The van der Waals surface area contributed by atoms with Crippen LogP contribution in [0.3, 0.4) is 0 Å². The largest absolute Gasteiger partial charge is 0.313 e. The maximum Gasteiger partial charge on any atom is 0.0662 e. The van der Waals surface area contributed by atoms with Gasteiger partial charge in [0.2, 0.25) is 0 Å². The molecule has 0 spiro atoms. The second-order valence-electron chi connectivity index (χ2n) is 6.72. The van der Waals surface area contributed by atoms with Crippen molar-refractivity contribution in [1.82, 2.24) is 15.1 Å². The highest BCUT2D eigenvalue weighted by Gasteiger charge is 2.34. The molecular weight excluding hydrogens is 282 g/mol. The van der Waals surface area contributed by atoms with Crippen molar-refractivity contribution in [3.8, 4) is 0 Å². The van der Waals surface area contributed by atoms with Gasteiger partial charge in [0.15, 0.2) is 0 Å². The van der Waals surface area contributed by atoms with Crippen LogP contribution in [0.25, 0.3) is 0 Å². The van der Waals surface area contributed by atoms with Gasteiger partial charge in [-0.3, -0.25) is 4.68 Å². The predicted octanol–water partition coefficient (Wildman–Crippen LogP) is 3.82. The molecule has 1 heterocycles. The van der Waals surface area contributed by atoms with Crippen molar-refractivity contribution in [3.63, 3.8) is 0 Å². The van der Waals surface area contributed by atoms with E-state index in [2.05, 4.69) is 41.1 Å². The molecule has 0 radical (unpaired) electrons. The third-order valence-corrected chi connectivity index (χ3v) is 4.61. The van der Waals surface area contributed by atoms with E-state index in [1.165, 1.54) is 16.8 Å². The fourth-order valence-corrected chi connectivity index (χ4v) is 3.38. The van der Waals surface area contributed by atoms with E-state index in [0.717, 1.165) is 24.4 Å². The van der Waals surface area contributed by atoms with Crippen molar-refractivity contribution >= 4 is 11.6 Å². The third kappa shape index (κ3) is 2.99. The summed E-state index contributed by atoms with van der Waals surface area (Å²) in [5.41, 5.74) is 4.25. The summed E-state index contributed by atoms with van der Waals surface area (Å²) in [5.74, 6) is 0. The number of hydrogen-bond donors (Lipinski definition) is 1. The molecule has 4 heteroatoms. The van der Waals surface area contributed by atoms with Crippen molar-refractivity contribution in [3.05, 3.63) is 52.3 Å². The lowest BCUT2D eigenvalue weighted by Crippen LogP contribution is -2.32. The molecule has 0 amide bonds. The number of fused-ring (bicyclic) bond motifs is 1. The zero-order chi connectivity index (χ0) is 15.0. The quantitative estimate of drug-likeness (QED) is 0.934. The van der Waals surface area contributed by atoms with Gasteiger partial charge in [-0.2, -0.15) is 5.10 Å². The molecule has 1 aromatic heterocycles. The molecule has 3 rings (SSSR count). The number of aromatic nitrogens is 2. The average Bonchev–Trinajstić information content (AvgIpc) is 2.82. The molecule has 1 unspecified atom stereocenters. The Morgan fingerprint density at radius 1 is 1.33 bits per heavy atom. The van der Waals surface area contributed by atoms with Crippen molar-refractivity contribution in [2.45, 2.75) is 39.3 Å². The van der Waals surface area contributed by atoms with Crippen LogP contribution in [0, 0.1) is 5.41 Å². The zero-order valence-corrected chi connectivity index (χ0v) is 13.6. The van der Waals surface area contributed by atoms with Crippen LogP contribution in [-0.2, 0) is 13.0 Å². The van der Waals surface area contributed by atoms with Crippen LogP contribution in [0.15, 0.2) is 30.5 Å². The summed E-state index contributed by atoms with van der Waals surface area (Å²) in [5, 5.41) is 8.83. The van der Waals surface area contributed by atoms with Gasteiger partial charge < -0.3 is 5.32 Å². The lowest BCUT2D eigenvalue weighted by atomic mass is 9.74. The summed E-state index contributed by atoms with van der Waals surface area (Å²) in [6, 6.07) is 8.42. The molecule has 1 aliphatic rings. The second-order valence-corrected chi connectivity index (χ2v) is 7.15. The first-order valence-corrected chi connectivity index (χ1v) is 7.82. The molecule has 0 aliphatic heterocycles. The van der Waals surface area contributed by atoms with Crippen molar-refractivity contribution in [1.29, 1.82) is 0 Å². The van der Waals surface area contributed by atoms with Gasteiger partial charge in [-0.25, -0.2) is 0 Å².